The van der Waals surface area contributed by atoms with Crippen molar-refractivity contribution < 1.29 is 13.7 Å². The molecule has 2 aromatic heterocycles. The fraction of sp³-hybridized carbons (Fsp3) is 0.227. The number of hydrogen-bond donors (Lipinski definition) is 1. The van der Waals surface area contributed by atoms with E-state index in [4.69, 9.17) is 4.52 Å². The van der Waals surface area contributed by atoms with Gasteiger partial charge in [0.25, 0.3) is 17.4 Å². The number of H-pyrrole nitrogens is 1. The quantitative estimate of drug-likeness (QED) is 0.545. The fourth-order valence-corrected chi connectivity index (χ4v) is 3.92. The second-order valence-electron chi connectivity index (χ2n) is 7.58. The minimum Gasteiger partial charge on any atom is -0.337 e. The van der Waals surface area contributed by atoms with Gasteiger partial charge in [0, 0.05) is 30.5 Å². The summed E-state index contributed by atoms with van der Waals surface area (Å²) in [6.45, 7) is 1.12. The number of carbonyl (C=O) groups excluding carboxylic acids is 1. The minimum atomic E-state index is -0.330. The van der Waals surface area contributed by atoms with Gasteiger partial charge >= 0.3 is 0 Å². The average molecular weight is 419 g/mol. The van der Waals surface area contributed by atoms with Crippen molar-refractivity contribution in [3.63, 3.8) is 0 Å². The highest BCUT2D eigenvalue weighted by molar-refractivity contribution is 6.04. The van der Waals surface area contributed by atoms with E-state index in [1.54, 1.807) is 41.3 Å². The Bertz CT molecular complexity index is 1310. The van der Waals surface area contributed by atoms with Gasteiger partial charge in [0.1, 0.15) is 5.82 Å². The third kappa shape index (κ3) is 3.70. The Morgan fingerprint density at radius 1 is 1.16 bits per heavy atom. The first kappa shape index (κ1) is 19.1. The molecular formula is C22H18FN5O3. The first-order chi connectivity index (χ1) is 15.1. The predicted octanol–water partition coefficient (Wildman–Crippen LogP) is 2.82. The van der Waals surface area contributed by atoms with Crippen LogP contribution in [-0.4, -0.2) is 44.2 Å². The lowest BCUT2D eigenvalue weighted by atomic mass is 10.0. The van der Waals surface area contributed by atoms with Crippen molar-refractivity contribution in [2.24, 2.45) is 5.92 Å². The van der Waals surface area contributed by atoms with Crippen LogP contribution in [0.4, 0.5) is 4.39 Å². The number of carbonyl (C=O) groups is 1. The molecule has 1 N–H and O–H groups in total. The van der Waals surface area contributed by atoms with Gasteiger partial charge < -0.3 is 9.42 Å². The summed E-state index contributed by atoms with van der Waals surface area (Å²) < 4.78 is 18.4. The zero-order chi connectivity index (χ0) is 21.4. The second kappa shape index (κ2) is 7.75. The molecule has 0 bridgehead atoms. The molecule has 4 aromatic rings. The molecule has 1 aliphatic rings. The SMILES string of the molecule is O=C(c1n[nH]c(=O)c2ccccc12)N1CCC(Cc2noc(-c3ccc(F)cc3)n2)C1. The Kier molecular flexibility index (Phi) is 4.78. The summed E-state index contributed by atoms with van der Waals surface area (Å²) in [5.41, 5.74) is 0.578. The standard InChI is InChI=1S/C22H18FN5O3/c23-15-7-5-14(6-8-15)21-24-18(27-31-21)11-13-9-10-28(12-13)22(30)19-16-3-1-2-4-17(16)20(29)26-25-19/h1-8,13H,9-12H2,(H,26,29). The average Bonchev–Trinajstić information content (AvgIpc) is 3.45. The number of amides is 1. The topological polar surface area (TPSA) is 105 Å². The van der Waals surface area contributed by atoms with Gasteiger partial charge in [-0.2, -0.15) is 10.1 Å². The molecule has 5 rings (SSSR count). The molecule has 9 heteroatoms. The molecule has 0 saturated carbocycles. The van der Waals surface area contributed by atoms with Gasteiger partial charge in [-0.3, -0.25) is 9.59 Å². The molecule has 0 aliphatic carbocycles. The van der Waals surface area contributed by atoms with Crippen LogP contribution in [0.25, 0.3) is 22.2 Å². The zero-order valence-corrected chi connectivity index (χ0v) is 16.4. The van der Waals surface area contributed by atoms with Crippen molar-refractivity contribution >= 4 is 16.7 Å². The zero-order valence-electron chi connectivity index (χ0n) is 16.4. The number of likely N-dealkylation sites (tertiary alicyclic amines) is 1. The maximum Gasteiger partial charge on any atom is 0.274 e. The molecule has 0 spiro atoms. The van der Waals surface area contributed by atoms with Gasteiger partial charge in [-0.05, 0) is 42.7 Å². The van der Waals surface area contributed by atoms with E-state index in [9.17, 15) is 14.0 Å². The number of aromatic nitrogens is 4. The van der Waals surface area contributed by atoms with Crippen molar-refractivity contribution in [1.29, 1.82) is 0 Å². The predicted molar refractivity (Wildman–Crippen MR) is 110 cm³/mol. The van der Waals surface area contributed by atoms with Crippen LogP contribution in [0.5, 0.6) is 0 Å². The molecule has 1 unspecified atom stereocenters. The van der Waals surface area contributed by atoms with Crippen LogP contribution in [0.1, 0.15) is 22.7 Å². The van der Waals surface area contributed by atoms with Crippen molar-refractivity contribution in [1.82, 2.24) is 25.2 Å². The summed E-state index contributed by atoms with van der Waals surface area (Å²) in [5.74, 6) is 0.520. The fourth-order valence-electron chi connectivity index (χ4n) is 3.92. The highest BCUT2D eigenvalue weighted by Crippen LogP contribution is 2.24. The van der Waals surface area contributed by atoms with Crippen molar-refractivity contribution in [3.8, 4) is 11.5 Å². The number of nitrogens with one attached hydrogen (secondary N) is 1. The lowest BCUT2D eigenvalue weighted by Crippen LogP contribution is -2.31. The maximum atomic E-state index is 13.1. The molecular weight excluding hydrogens is 401 g/mol. The first-order valence-corrected chi connectivity index (χ1v) is 9.94. The van der Waals surface area contributed by atoms with E-state index >= 15 is 0 Å². The van der Waals surface area contributed by atoms with E-state index in [2.05, 4.69) is 20.3 Å². The van der Waals surface area contributed by atoms with Crippen molar-refractivity contribution in [3.05, 3.63) is 76.2 Å². The van der Waals surface area contributed by atoms with Crippen LogP contribution in [0.15, 0.2) is 57.8 Å². The maximum absolute atomic E-state index is 13.1. The van der Waals surface area contributed by atoms with Crippen molar-refractivity contribution in [2.45, 2.75) is 12.8 Å². The molecule has 3 heterocycles. The molecule has 1 amide bonds. The number of rotatable bonds is 4. The molecule has 1 atom stereocenters. The Morgan fingerprint density at radius 2 is 1.94 bits per heavy atom. The molecule has 2 aromatic carbocycles. The van der Waals surface area contributed by atoms with Gasteiger partial charge in [-0.25, -0.2) is 9.49 Å². The summed E-state index contributed by atoms with van der Waals surface area (Å²) in [7, 11) is 0. The molecule has 1 fully saturated rings. The number of fused-ring (bicyclic) bond motifs is 1. The Morgan fingerprint density at radius 3 is 2.74 bits per heavy atom. The lowest BCUT2D eigenvalue weighted by molar-refractivity contribution is 0.0782. The van der Waals surface area contributed by atoms with E-state index in [1.165, 1.54) is 12.1 Å². The largest absolute Gasteiger partial charge is 0.337 e. The van der Waals surface area contributed by atoms with Crippen LogP contribution < -0.4 is 5.56 Å². The van der Waals surface area contributed by atoms with E-state index in [0.717, 1.165) is 6.42 Å². The van der Waals surface area contributed by atoms with Gasteiger partial charge in [0.15, 0.2) is 11.5 Å². The third-order valence-corrected chi connectivity index (χ3v) is 5.50. The van der Waals surface area contributed by atoms with Crippen LogP contribution in [0.2, 0.25) is 0 Å². The Balaban J connectivity index is 1.29. The molecule has 156 valence electrons. The van der Waals surface area contributed by atoms with Crippen LogP contribution >= 0.6 is 0 Å². The third-order valence-electron chi connectivity index (χ3n) is 5.50. The lowest BCUT2D eigenvalue weighted by Gasteiger charge is -2.16. The van der Waals surface area contributed by atoms with Gasteiger partial charge in [0.05, 0.1) is 5.39 Å². The van der Waals surface area contributed by atoms with Crippen LogP contribution in [0, 0.1) is 11.7 Å². The van der Waals surface area contributed by atoms with Gasteiger partial charge in [0.2, 0.25) is 0 Å². The second-order valence-corrected chi connectivity index (χ2v) is 7.58. The molecule has 0 radical (unpaired) electrons. The van der Waals surface area contributed by atoms with E-state index in [0.29, 0.717) is 47.6 Å². The highest BCUT2D eigenvalue weighted by atomic mass is 19.1. The van der Waals surface area contributed by atoms with E-state index in [-0.39, 0.29) is 28.9 Å². The number of benzene rings is 2. The molecule has 1 aliphatic heterocycles. The summed E-state index contributed by atoms with van der Waals surface area (Å²) in [5, 5.41) is 11.4. The number of halogens is 1. The summed E-state index contributed by atoms with van der Waals surface area (Å²) >= 11 is 0. The van der Waals surface area contributed by atoms with E-state index < -0.39 is 0 Å². The Hall–Kier alpha value is -3.88. The van der Waals surface area contributed by atoms with Crippen molar-refractivity contribution in [2.75, 3.05) is 13.1 Å². The molecule has 8 nitrogen and oxygen atoms in total. The van der Waals surface area contributed by atoms with Crippen LogP contribution in [0.3, 0.4) is 0 Å². The molecule has 1 saturated heterocycles. The Labute approximate surface area is 175 Å². The van der Waals surface area contributed by atoms with E-state index in [1.807, 2.05) is 0 Å². The summed E-state index contributed by atoms with van der Waals surface area (Å²) in [4.78, 5) is 31.1. The monoisotopic (exact) mass is 419 g/mol. The number of aromatic amines is 1. The minimum absolute atomic E-state index is 0.177. The number of hydrogen-bond acceptors (Lipinski definition) is 6. The first-order valence-electron chi connectivity index (χ1n) is 9.94. The highest BCUT2D eigenvalue weighted by Gasteiger charge is 2.30. The smallest absolute Gasteiger partial charge is 0.274 e. The summed E-state index contributed by atoms with van der Waals surface area (Å²) in [6.07, 6.45) is 1.36. The normalized spacial score (nSPS) is 16.2. The van der Waals surface area contributed by atoms with Gasteiger partial charge in [-0.1, -0.05) is 23.4 Å². The van der Waals surface area contributed by atoms with Crippen LogP contribution in [-0.2, 0) is 6.42 Å². The summed E-state index contributed by atoms with van der Waals surface area (Å²) in [6, 6.07) is 12.8. The van der Waals surface area contributed by atoms with Gasteiger partial charge in [-0.15, -0.1) is 0 Å². The number of nitrogens with zero attached hydrogens (tertiary/aromatic N) is 4. The molecule has 31 heavy (non-hydrogen) atoms.